The topological polar surface area (TPSA) is 15.3 Å². The van der Waals surface area contributed by atoms with Gasteiger partial charge in [-0.15, -0.1) is 11.8 Å². The van der Waals surface area contributed by atoms with Gasteiger partial charge in [0.1, 0.15) is 0 Å². The molecule has 0 bridgehead atoms. The number of hydrogen-bond acceptors (Lipinski definition) is 3. The summed E-state index contributed by atoms with van der Waals surface area (Å²) in [6, 6.07) is 8.80. The summed E-state index contributed by atoms with van der Waals surface area (Å²) in [5.74, 6) is 0. The van der Waals surface area contributed by atoms with Crippen molar-refractivity contribution in [2.75, 3.05) is 33.7 Å². The molecule has 1 aromatic carbocycles. The predicted molar refractivity (Wildman–Crippen MR) is 80.4 cm³/mol. The molecule has 1 aliphatic rings. The summed E-state index contributed by atoms with van der Waals surface area (Å²) in [7, 11) is 4.28. The molecule has 3 heteroatoms. The van der Waals surface area contributed by atoms with Crippen LogP contribution in [0.5, 0.6) is 0 Å². The van der Waals surface area contributed by atoms with Crippen molar-refractivity contribution >= 4 is 11.8 Å². The van der Waals surface area contributed by atoms with Crippen LogP contribution in [0.2, 0.25) is 0 Å². The molecule has 1 N–H and O–H groups in total. The van der Waals surface area contributed by atoms with Gasteiger partial charge in [-0.2, -0.15) is 0 Å². The van der Waals surface area contributed by atoms with E-state index in [-0.39, 0.29) is 0 Å². The Hall–Kier alpha value is -0.510. The first-order chi connectivity index (χ1) is 8.75. The first-order valence-electron chi connectivity index (χ1n) is 6.85. The number of hydrogen-bond donors (Lipinski definition) is 1. The molecule has 2 rings (SSSR count). The van der Waals surface area contributed by atoms with E-state index in [4.69, 9.17) is 0 Å². The summed E-state index contributed by atoms with van der Waals surface area (Å²) in [4.78, 5) is 3.74. The van der Waals surface area contributed by atoms with Crippen molar-refractivity contribution in [2.45, 2.75) is 29.4 Å². The van der Waals surface area contributed by atoms with Crippen LogP contribution in [0, 0.1) is 0 Å². The van der Waals surface area contributed by atoms with Crippen molar-refractivity contribution in [3.05, 3.63) is 29.8 Å². The Morgan fingerprint density at radius 1 is 1.28 bits per heavy atom. The molecule has 0 aromatic heterocycles. The Bertz CT molecular complexity index is 340. The lowest BCUT2D eigenvalue weighted by Crippen LogP contribution is -2.26. The van der Waals surface area contributed by atoms with Gasteiger partial charge in [0.15, 0.2) is 0 Å². The van der Waals surface area contributed by atoms with Gasteiger partial charge < -0.3 is 10.2 Å². The molecule has 1 aliphatic heterocycles. The molecule has 1 aromatic rings. The minimum atomic E-state index is 0.733. The summed E-state index contributed by atoms with van der Waals surface area (Å²) in [6.07, 6.45) is 3.80. The second kappa shape index (κ2) is 7.17. The zero-order valence-electron chi connectivity index (χ0n) is 11.5. The lowest BCUT2D eigenvalue weighted by Gasteiger charge is -2.11. The first kappa shape index (κ1) is 13.9. The standard InChI is InChI=1S/C15H24N2S/c1-17(2)10-6-5-9-16-12-14-11-13-7-3-4-8-15(13)18-14/h3-4,7-8,14,16H,5-6,9-12H2,1-2H3. The Kier molecular flexibility index (Phi) is 5.54. The highest BCUT2D eigenvalue weighted by atomic mass is 32.2. The van der Waals surface area contributed by atoms with Gasteiger partial charge in [-0.3, -0.25) is 0 Å². The van der Waals surface area contributed by atoms with Crippen LogP contribution in [0.15, 0.2) is 29.2 Å². The molecule has 1 heterocycles. The molecular formula is C15H24N2S. The van der Waals surface area contributed by atoms with E-state index in [1.165, 1.54) is 36.3 Å². The first-order valence-corrected chi connectivity index (χ1v) is 7.73. The molecule has 0 radical (unpaired) electrons. The molecule has 0 spiro atoms. The minimum absolute atomic E-state index is 0.733. The molecule has 0 aliphatic carbocycles. The maximum Gasteiger partial charge on any atom is 0.0260 e. The van der Waals surface area contributed by atoms with Crippen LogP contribution in [-0.2, 0) is 6.42 Å². The van der Waals surface area contributed by atoms with Crippen molar-refractivity contribution in [1.82, 2.24) is 10.2 Å². The van der Waals surface area contributed by atoms with Crippen molar-refractivity contribution in [3.63, 3.8) is 0 Å². The molecule has 1 atom stereocenters. The van der Waals surface area contributed by atoms with E-state index < -0.39 is 0 Å². The maximum absolute atomic E-state index is 3.60. The molecule has 0 saturated carbocycles. The second-order valence-electron chi connectivity index (χ2n) is 5.27. The van der Waals surface area contributed by atoms with E-state index >= 15 is 0 Å². The Morgan fingerprint density at radius 2 is 2.11 bits per heavy atom. The van der Waals surface area contributed by atoms with Crippen molar-refractivity contribution in [3.8, 4) is 0 Å². The number of fused-ring (bicyclic) bond motifs is 1. The molecule has 100 valence electrons. The van der Waals surface area contributed by atoms with E-state index in [9.17, 15) is 0 Å². The molecule has 2 nitrogen and oxygen atoms in total. The molecule has 0 fully saturated rings. The number of unbranched alkanes of at least 4 members (excludes halogenated alkanes) is 1. The summed E-state index contributed by atoms with van der Waals surface area (Å²) in [5.41, 5.74) is 1.53. The normalized spacial score (nSPS) is 18.3. The number of nitrogens with zero attached hydrogens (tertiary/aromatic N) is 1. The van der Waals surface area contributed by atoms with E-state index in [0.29, 0.717) is 0 Å². The van der Waals surface area contributed by atoms with E-state index in [1.807, 2.05) is 11.8 Å². The van der Waals surface area contributed by atoms with Gasteiger partial charge in [-0.05, 0) is 58.1 Å². The van der Waals surface area contributed by atoms with Gasteiger partial charge in [0, 0.05) is 16.7 Å². The fraction of sp³-hybridized carbons (Fsp3) is 0.600. The van der Waals surface area contributed by atoms with Crippen LogP contribution in [0.1, 0.15) is 18.4 Å². The molecule has 0 saturated heterocycles. The van der Waals surface area contributed by atoms with Crippen LogP contribution in [0.25, 0.3) is 0 Å². The quantitative estimate of drug-likeness (QED) is 0.762. The molecular weight excluding hydrogens is 240 g/mol. The Balaban J connectivity index is 1.57. The fourth-order valence-corrected chi connectivity index (χ4v) is 3.59. The Labute approximate surface area is 115 Å². The maximum atomic E-state index is 3.60. The summed E-state index contributed by atoms with van der Waals surface area (Å²) in [5, 5.41) is 4.33. The van der Waals surface area contributed by atoms with Gasteiger partial charge in [-0.1, -0.05) is 18.2 Å². The molecule has 1 unspecified atom stereocenters. The number of benzene rings is 1. The smallest absolute Gasteiger partial charge is 0.0260 e. The van der Waals surface area contributed by atoms with Crippen LogP contribution >= 0.6 is 11.8 Å². The van der Waals surface area contributed by atoms with E-state index in [0.717, 1.165) is 18.3 Å². The van der Waals surface area contributed by atoms with Crippen molar-refractivity contribution in [1.29, 1.82) is 0 Å². The van der Waals surface area contributed by atoms with E-state index in [2.05, 4.69) is 48.6 Å². The monoisotopic (exact) mass is 264 g/mol. The fourth-order valence-electron chi connectivity index (χ4n) is 2.31. The predicted octanol–water partition coefficient (Wildman–Crippen LogP) is 2.63. The minimum Gasteiger partial charge on any atom is -0.316 e. The zero-order chi connectivity index (χ0) is 12.8. The summed E-state index contributed by atoms with van der Waals surface area (Å²) >= 11 is 2.03. The van der Waals surface area contributed by atoms with Gasteiger partial charge in [0.2, 0.25) is 0 Å². The van der Waals surface area contributed by atoms with Gasteiger partial charge in [0.05, 0.1) is 0 Å². The van der Waals surface area contributed by atoms with E-state index in [1.54, 1.807) is 0 Å². The van der Waals surface area contributed by atoms with Crippen LogP contribution in [0.3, 0.4) is 0 Å². The average molecular weight is 264 g/mol. The number of thioether (sulfide) groups is 1. The highest BCUT2D eigenvalue weighted by molar-refractivity contribution is 8.00. The Morgan fingerprint density at radius 3 is 2.89 bits per heavy atom. The highest BCUT2D eigenvalue weighted by Crippen LogP contribution is 2.36. The second-order valence-corrected chi connectivity index (χ2v) is 6.61. The summed E-state index contributed by atoms with van der Waals surface area (Å²) in [6.45, 7) is 3.49. The average Bonchev–Trinajstić information content (AvgIpc) is 2.75. The van der Waals surface area contributed by atoms with Gasteiger partial charge >= 0.3 is 0 Å². The summed E-state index contributed by atoms with van der Waals surface area (Å²) < 4.78 is 0. The van der Waals surface area contributed by atoms with Crippen LogP contribution in [0.4, 0.5) is 0 Å². The van der Waals surface area contributed by atoms with Crippen molar-refractivity contribution < 1.29 is 0 Å². The highest BCUT2D eigenvalue weighted by Gasteiger charge is 2.20. The molecule has 18 heavy (non-hydrogen) atoms. The third-order valence-corrected chi connectivity index (χ3v) is 4.61. The van der Waals surface area contributed by atoms with Gasteiger partial charge in [-0.25, -0.2) is 0 Å². The molecule has 0 amide bonds. The SMILES string of the molecule is CN(C)CCCCNCC1Cc2ccccc2S1. The zero-order valence-corrected chi connectivity index (χ0v) is 12.3. The van der Waals surface area contributed by atoms with Gasteiger partial charge in [0.25, 0.3) is 0 Å². The number of nitrogens with one attached hydrogen (secondary N) is 1. The largest absolute Gasteiger partial charge is 0.316 e. The third kappa shape index (κ3) is 4.30. The van der Waals surface area contributed by atoms with Crippen LogP contribution < -0.4 is 5.32 Å². The lowest BCUT2D eigenvalue weighted by molar-refractivity contribution is 0.392. The number of rotatable bonds is 7. The van der Waals surface area contributed by atoms with Crippen molar-refractivity contribution in [2.24, 2.45) is 0 Å². The third-order valence-electron chi connectivity index (χ3n) is 3.29. The van der Waals surface area contributed by atoms with Crippen LogP contribution in [-0.4, -0.2) is 43.9 Å². The lowest BCUT2D eigenvalue weighted by atomic mass is 10.1.